The third-order valence-electron chi connectivity index (χ3n) is 4.34. The van der Waals surface area contributed by atoms with Crippen molar-refractivity contribution in [2.24, 2.45) is 5.10 Å². The van der Waals surface area contributed by atoms with Gasteiger partial charge in [0, 0.05) is 15.6 Å². The minimum atomic E-state index is -0.291. The Labute approximate surface area is 199 Å². The number of carbonyl (C=O) groups excluding carboxylic acids is 1. The molecule has 0 aliphatic heterocycles. The quantitative estimate of drug-likeness (QED) is 0.288. The summed E-state index contributed by atoms with van der Waals surface area (Å²) >= 11 is 15.5. The number of ether oxygens (including phenoxy) is 2. The van der Waals surface area contributed by atoms with Crippen LogP contribution in [0.5, 0.6) is 11.5 Å². The number of hydrogen-bond acceptors (Lipinski definition) is 4. The summed E-state index contributed by atoms with van der Waals surface area (Å²) in [5.41, 5.74) is 5.71. The summed E-state index contributed by atoms with van der Waals surface area (Å²) in [6, 6.07) is 16.1. The van der Waals surface area contributed by atoms with Crippen molar-refractivity contribution >= 4 is 51.3 Å². The number of hydrazone groups is 1. The lowest BCUT2D eigenvalue weighted by Gasteiger charge is -2.13. The molecule has 0 radical (unpaired) electrons. The van der Waals surface area contributed by atoms with Crippen LogP contribution in [-0.2, 0) is 6.61 Å². The number of rotatable bonds is 7. The number of halogens is 3. The van der Waals surface area contributed by atoms with Crippen LogP contribution in [0.1, 0.15) is 27.0 Å². The molecule has 3 aromatic rings. The van der Waals surface area contributed by atoms with Crippen molar-refractivity contribution in [3.63, 3.8) is 0 Å². The topological polar surface area (TPSA) is 59.9 Å². The third-order valence-corrected chi connectivity index (χ3v) is 5.77. The van der Waals surface area contributed by atoms with E-state index in [9.17, 15) is 4.79 Å². The van der Waals surface area contributed by atoms with Crippen LogP contribution < -0.4 is 14.9 Å². The molecular weight excluding hydrogens is 503 g/mol. The number of methoxy groups -OCH3 is 1. The van der Waals surface area contributed by atoms with Gasteiger partial charge in [-0.05, 0) is 64.8 Å². The summed E-state index contributed by atoms with van der Waals surface area (Å²) in [5, 5.41) is 5.00. The lowest BCUT2D eigenvalue weighted by Crippen LogP contribution is -2.17. The molecule has 0 aliphatic carbocycles. The van der Waals surface area contributed by atoms with Gasteiger partial charge in [0.2, 0.25) is 0 Å². The average molecular weight is 522 g/mol. The van der Waals surface area contributed by atoms with E-state index in [1.807, 2.05) is 25.1 Å². The minimum Gasteiger partial charge on any atom is -0.493 e. The largest absolute Gasteiger partial charge is 0.493 e. The van der Waals surface area contributed by atoms with Crippen LogP contribution in [0.3, 0.4) is 0 Å². The highest BCUT2D eigenvalue weighted by molar-refractivity contribution is 9.10. The van der Waals surface area contributed by atoms with E-state index in [1.165, 1.54) is 6.21 Å². The van der Waals surface area contributed by atoms with Gasteiger partial charge in [-0.25, -0.2) is 5.43 Å². The van der Waals surface area contributed by atoms with Gasteiger partial charge < -0.3 is 9.47 Å². The van der Waals surface area contributed by atoms with Crippen molar-refractivity contribution in [1.82, 2.24) is 5.43 Å². The van der Waals surface area contributed by atoms with Crippen molar-refractivity contribution in [3.05, 3.63) is 91.4 Å². The van der Waals surface area contributed by atoms with Crippen LogP contribution in [-0.4, -0.2) is 19.2 Å². The van der Waals surface area contributed by atoms with Gasteiger partial charge in [-0.3, -0.25) is 4.79 Å². The first-order valence-electron chi connectivity index (χ1n) is 9.21. The van der Waals surface area contributed by atoms with Crippen molar-refractivity contribution < 1.29 is 14.3 Å². The zero-order chi connectivity index (χ0) is 22.4. The summed E-state index contributed by atoms with van der Waals surface area (Å²) in [6.07, 6.45) is 1.53. The second-order valence-corrected chi connectivity index (χ2v) is 8.30. The Bertz CT molecular complexity index is 1120. The summed E-state index contributed by atoms with van der Waals surface area (Å²) in [4.78, 5) is 12.2. The molecule has 0 saturated heterocycles. The molecule has 0 aliphatic rings. The Kier molecular flexibility index (Phi) is 7.96. The molecular formula is C23H19BrCl2N2O3. The van der Waals surface area contributed by atoms with E-state index in [2.05, 4.69) is 26.5 Å². The number of hydrogen-bond donors (Lipinski definition) is 1. The van der Waals surface area contributed by atoms with E-state index < -0.39 is 0 Å². The minimum absolute atomic E-state index is 0.291. The van der Waals surface area contributed by atoms with Crippen LogP contribution in [0.25, 0.3) is 0 Å². The van der Waals surface area contributed by atoms with Gasteiger partial charge in [-0.15, -0.1) is 0 Å². The van der Waals surface area contributed by atoms with Gasteiger partial charge in [-0.1, -0.05) is 47.0 Å². The Morgan fingerprint density at radius 1 is 1.06 bits per heavy atom. The second kappa shape index (κ2) is 10.7. The van der Waals surface area contributed by atoms with Gasteiger partial charge in [0.1, 0.15) is 6.61 Å². The molecule has 0 fully saturated rings. The summed E-state index contributed by atoms with van der Waals surface area (Å²) < 4.78 is 12.0. The van der Waals surface area contributed by atoms with Gasteiger partial charge >= 0.3 is 0 Å². The molecule has 0 saturated carbocycles. The average Bonchev–Trinajstić information content (AvgIpc) is 2.76. The van der Waals surface area contributed by atoms with Crippen molar-refractivity contribution in [3.8, 4) is 11.5 Å². The molecule has 0 spiro atoms. The summed E-state index contributed by atoms with van der Waals surface area (Å²) in [6.45, 7) is 2.25. The van der Waals surface area contributed by atoms with Crippen molar-refractivity contribution in [1.29, 1.82) is 0 Å². The van der Waals surface area contributed by atoms with E-state index in [4.69, 9.17) is 32.7 Å². The molecule has 8 heteroatoms. The molecule has 0 unspecified atom stereocenters. The standard InChI is InChI=1S/C23H19BrCl2N2O3/c1-14-3-6-16(7-4-14)23(29)28-27-12-17-10-21(30-2)22(11-18(17)24)31-13-15-5-8-19(25)20(26)9-15/h3-12H,13H2,1-2H3,(H,28,29)/b27-12+. The van der Waals surface area contributed by atoms with Crippen molar-refractivity contribution in [2.45, 2.75) is 13.5 Å². The number of nitrogens with zero attached hydrogens (tertiary/aromatic N) is 1. The maximum absolute atomic E-state index is 12.2. The number of aryl methyl sites for hydroxylation is 1. The highest BCUT2D eigenvalue weighted by atomic mass is 79.9. The lowest BCUT2D eigenvalue weighted by atomic mass is 10.1. The van der Waals surface area contributed by atoms with Gasteiger partial charge in [0.05, 0.1) is 23.4 Å². The summed E-state index contributed by atoms with van der Waals surface area (Å²) in [7, 11) is 1.55. The predicted octanol–water partition coefficient (Wildman–Crippen LogP) is 6.42. The van der Waals surface area contributed by atoms with Crippen LogP contribution in [0, 0.1) is 6.92 Å². The Hall–Kier alpha value is -2.54. The maximum atomic E-state index is 12.2. The fraction of sp³-hybridized carbons (Fsp3) is 0.130. The number of benzene rings is 3. The van der Waals surface area contributed by atoms with Gasteiger partial charge in [-0.2, -0.15) is 5.10 Å². The molecule has 1 N–H and O–H groups in total. The summed E-state index contributed by atoms with van der Waals surface area (Å²) in [5.74, 6) is 0.775. The zero-order valence-corrected chi connectivity index (χ0v) is 19.9. The van der Waals surface area contributed by atoms with E-state index in [-0.39, 0.29) is 5.91 Å². The maximum Gasteiger partial charge on any atom is 0.271 e. The molecule has 3 aromatic carbocycles. The highest BCUT2D eigenvalue weighted by Gasteiger charge is 2.11. The van der Waals surface area contributed by atoms with Gasteiger partial charge in [0.15, 0.2) is 11.5 Å². The van der Waals surface area contributed by atoms with E-state index in [0.29, 0.717) is 39.3 Å². The van der Waals surface area contributed by atoms with Gasteiger partial charge in [0.25, 0.3) is 5.91 Å². The Balaban J connectivity index is 1.69. The first-order valence-corrected chi connectivity index (χ1v) is 10.8. The number of amides is 1. The molecule has 0 aromatic heterocycles. The first-order chi connectivity index (χ1) is 14.9. The normalized spacial score (nSPS) is 10.9. The molecule has 0 bridgehead atoms. The lowest BCUT2D eigenvalue weighted by molar-refractivity contribution is 0.0955. The molecule has 0 heterocycles. The van der Waals surface area contributed by atoms with Crippen LogP contribution in [0.15, 0.2) is 64.2 Å². The Morgan fingerprint density at radius 2 is 1.81 bits per heavy atom. The van der Waals surface area contributed by atoms with E-state index in [0.717, 1.165) is 15.6 Å². The van der Waals surface area contributed by atoms with Crippen LogP contribution >= 0.6 is 39.1 Å². The molecule has 3 rings (SSSR count). The predicted molar refractivity (Wildman–Crippen MR) is 128 cm³/mol. The monoisotopic (exact) mass is 520 g/mol. The third kappa shape index (κ3) is 6.23. The molecule has 31 heavy (non-hydrogen) atoms. The molecule has 0 atom stereocenters. The number of nitrogens with one attached hydrogen (secondary N) is 1. The van der Waals surface area contributed by atoms with Crippen LogP contribution in [0.2, 0.25) is 10.0 Å². The second-order valence-electron chi connectivity index (χ2n) is 6.63. The van der Waals surface area contributed by atoms with E-state index in [1.54, 1.807) is 43.5 Å². The highest BCUT2D eigenvalue weighted by Crippen LogP contribution is 2.34. The fourth-order valence-corrected chi connectivity index (χ4v) is 3.39. The smallest absolute Gasteiger partial charge is 0.271 e. The zero-order valence-electron chi connectivity index (χ0n) is 16.8. The first kappa shape index (κ1) is 23.1. The van der Waals surface area contributed by atoms with Crippen molar-refractivity contribution in [2.75, 3.05) is 7.11 Å². The number of carbonyl (C=O) groups is 1. The molecule has 160 valence electrons. The SMILES string of the molecule is COc1cc(/C=N/NC(=O)c2ccc(C)cc2)c(Br)cc1OCc1ccc(Cl)c(Cl)c1. The van der Waals surface area contributed by atoms with Crippen LogP contribution in [0.4, 0.5) is 0 Å². The Morgan fingerprint density at radius 3 is 2.48 bits per heavy atom. The van der Waals surface area contributed by atoms with E-state index >= 15 is 0 Å². The molecule has 1 amide bonds. The fourth-order valence-electron chi connectivity index (χ4n) is 2.64. The molecule has 5 nitrogen and oxygen atoms in total.